The number of nitrogens with one attached hydrogen (secondary N) is 2. The fraction of sp³-hybridized carbons (Fsp3) is 0.235. The average Bonchev–Trinajstić information content (AvgIpc) is 2.58. The van der Waals surface area contributed by atoms with Crippen molar-refractivity contribution in [1.29, 1.82) is 0 Å². The number of anilines is 2. The number of rotatable bonds is 7. The van der Waals surface area contributed by atoms with Crippen molar-refractivity contribution in [2.45, 2.75) is 19.8 Å². The van der Waals surface area contributed by atoms with Crippen LogP contribution in [0.5, 0.6) is 0 Å². The first-order valence-electron chi connectivity index (χ1n) is 7.74. The highest BCUT2D eigenvalue weighted by molar-refractivity contribution is 14.1. The van der Waals surface area contributed by atoms with Gasteiger partial charge in [-0.3, -0.25) is 19.7 Å². The molecule has 7 nitrogen and oxygen atoms in total. The first-order chi connectivity index (χ1) is 12.4. The van der Waals surface area contributed by atoms with Gasteiger partial charge in [-0.2, -0.15) is 0 Å². The first kappa shape index (κ1) is 20.0. The molecule has 0 aromatic heterocycles. The van der Waals surface area contributed by atoms with Gasteiger partial charge in [0.1, 0.15) is 5.82 Å². The maximum atomic E-state index is 14.3. The lowest BCUT2D eigenvalue weighted by atomic mass is 10.00. The topological polar surface area (TPSA) is 93.5 Å². The standard InChI is InChI=1S/C17H17FIN3O4/c1-3-4-11-15(22(24)25)8-6-12(17(23)21-26-2)16(11)20-14-7-5-10(19)9-13(14)18/h5-9,20H,3-4H2,1-2H3,(H,21,23). The summed E-state index contributed by atoms with van der Waals surface area (Å²) in [6, 6.07) is 7.12. The molecule has 2 N–H and O–H groups in total. The largest absolute Gasteiger partial charge is 0.352 e. The number of benzene rings is 2. The van der Waals surface area contributed by atoms with Gasteiger partial charge in [0, 0.05) is 9.64 Å². The van der Waals surface area contributed by atoms with Crippen LogP contribution in [0.3, 0.4) is 0 Å². The summed E-state index contributed by atoms with van der Waals surface area (Å²) in [6.07, 6.45) is 0.957. The van der Waals surface area contributed by atoms with Gasteiger partial charge < -0.3 is 5.32 Å². The van der Waals surface area contributed by atoms with Crippen molar-refractivity contribution in [3.63, 3.8) is 0 Å². The summed E-state index contributed by atoms with van der Waals surface area (Å²) in [5.41, 5.74) is 2.82. The Balaban J connectivity index is 2.65. The number of carbonyl (C=O) groups excluding carboxylic acids is 1. The Morgan fingerprint density at radius 3 is 2.65 bits per heavy atom. The number of hydrogen-bond donors (Lipinski definition) is 2. The maximum absolute atomic E-state index is 14.3. The number of halogens is 2. The molecule has 0 saturated heterocycles. The molecule has 1 amide bonds. The number of hydroxylamine groups is 1. The van der Waals surface area contributed by atoms with Crippen molar-refractivity contribution >= 4 is 45.6 Å². The summed E-state index contributed by atoms with van der Waals surface area (Å²) in [7, 11) is 1.28. The molecule has 0 aliphatic heterocycles. The van der Waals surface area contributed by atoms with Crippen molar-refractivity contribution in [2.75, 3.05) is 12.4 Å². The van der Waals surface area contributed by atoms with Crippen LogP contribution in [0.1, 0.15) is 29.3 Å². The van der Waals surface area contributed by atoms with E-state index in [1.165, 1.54) is 31.4 Å². The van der Waals surface area contributed by atoms with Crippen LogP contribution in [-0.2, 0) is 11.3 Å². The van der Waals surface area contributed by atoms with Crippen LogP contribution in [0.25, 0.3) is 0 Å². The van der Waals surface area contributed by atoms with E-state index in [4.69, 9.17) is 0 Å². The summed E-state index contributed by atoms with van der Waals surface area (Å²) in [4.78, 5) is 27.8. The van der Waals surface area contributed by atoms with Crippen molar-refractivity contribution in [1.82, 2.24) is 5.48 Å². The number of carbonyl (C=O) groups is 1. The fourth-order valence-corrected chi connectivity index (χ4v) is 2.97. The molecule has 0 fully saturated rings. The van der Waals surface area contributed by atoms with Crippen LogP contribution < -0.4 is 10.8 Å². The molecular formula is C17H17FIN3O4. The molecule has 2 aromatic rings. The molecule has 2 rings (SSSR count). The highest BCUT2D eigenvalue weighted by Crippen LogP contribution is 2.34. The predicted octanol–water partition coefficient (Wildman–Crippen LogP) is 4.33. The Morgan fingerprint density at radius 2 is 2.08 bits per heavy atom. The van der Waals surface area contributed by atoms with E-state index in [2.05, 4.69) is 15.6 Å². The molecule has 9 heteroatoms. The molecule has 0 saturated carbocycles. The summed E-state index contributed by atoms with van der Waals surface area (Å²) >= 11 is 1.98. The SMILES string of the molecule is CCCc1c([N+](=O)[O-])ccc(C(=O)NOC)c1Nc1ccc(I)cc1F. The second kappa shape index (κ2) is 8.90. The van der Waals surface area contributed by atoms with Gasteiger partial charge in [-0.25, -0.2) is 9.87 Å². The van der Waals surface area contributed by atoms with Gasteiger partial charge >= 0.3 is 0 Å². The monoisotopic (exact) mass is 473 g/mol. The van der Waals surface area contributed by atoms with Gasteiger partial charge in [-0.1, -0.05) is 13.3 Å². The Kier molecular flexibility index (Phi) is 6.86. The molecule has 0 aliphatic rings. The van der Waals surface area contributed by atoms with E-state index in [1.807, 2.05) is 29.5 Å². The average molecular weight is 473 g/mol. The fourth-order valence-electron chi connectivity index (χ4n) is 2.52. The molecule has 138 valence electrons. The summed E-state index contributed by atoms with van der Waals surface area (Å²) in [6.45, 7) is 1.86. The van der Waals surface area contributed by atoms with Crippen LogP contribution in [0.15, 0.2) is 30.3 Å². The lowest BCUT2D eigenvalue weighted by Gasteiger charge is -2.17. The summed E-state index contributed by atoms with van der Waals surface area (Å²) < 4.78 is 15.0. The van der Waals surface area contributed by atoms with Gasteiger partial charge in [0.05, 0.1) is 34.5 Å². The van der Waals surface area contributed by atoms with E-state index in [1.54, 1.807) is 6.07 Å². The van der Waals surface area contributed by atoms with Crippen LogP contribution in [0, 0.1) is 19.5 Å². The zero-order valence-corrected chi connectivity index (χ0v) is 16.3. The van der Waals surface area contributed by atoms with E-state index in [-0.39, 0.29) is 22.6 Å². The molecule has 0 spiro atoms. The Bertz CT molecular complexity index is 845. The zero-order valence-electron chi connectivity index (χ0n) is 14.1. The molecular weight excluding hydrogens is 456 g/mol. The van der Waals surface area contributed by atoms with Crippen molar-refractivity contribution < 1.29 is 18.9 Å². The van der Waals surface area contributed by atoms with Crippen molar-refractivity contribution in [3.8, 4) is 0 Å². The van der Waals surface area contributed by atoms with Crippen LogP contribution >= 0.6 is 22.6 Å². The lowest BCUT2D eigenvalue weighted by molar-refractivity contribution is -0.385. The van der Waals surface area contributed by atoms with Gasteiger partial charge in [-0.05, 0) is 53.3 Å². The first-order valence-corrected chi connectivity index (χ1v) is 8.82. The quantitative estimate of drug-likeness (QED) is 0.355. The summed E-state index contributed by atoms with van der Waals surface area (Å²) in [5, 5.41) is 14.3. The highest BCUT2D eigenvalue weighted by Gasteiger charge is 2.24. The summed E-state index contributed by atoms with van der Waals surface area (Å²) in [5.74, 6) is -1.11. The Morgan fingerprint density at radius 1 is 1.35 bits per heavy atom. The zero-order chi connectivity index (χ0) is 19.3. The molecule has 0 heterocycles. The molecule has 0 atom stereocenters. The van der Waals surface area contributed by atoms with Crippen LogP contribution in [0.4, 0.5) is 21.5 Å². The van der Waals surface area contributed by atoms with Gasteiger partial charge in [0.2, 0.25) is 0 Å². The number of amides is 1. The third-order valence-corrected chi connectivity index (χ3v) is 4.29. The van der Waals surface area contributed by atoms with E-state index < -0.39 is 16.6 Å². The number of nitro benzene ring substituents is 1. The molecule has 0 bridgehead atoms. The van der Waals surface area contributed by atoms with E-state index >= 15 is 0 Å². The van der Waals surface area contributed by atoms with Crippen LogP contribution in [-0.4, -0.2) is 17.9 Å². The van der Waals surface area contributed by atoms with Crippen molar-refractivity contribution in [2.24, 2.45) is 0 Å². The van der Waals surface area contributed by atoms with E-state index in [0.29, 0.717) is 22.0 Å². The minimum absolute atomic E-state index is 0.120. The third-order valence-electron chi connectivity index (χ3n) is 3.62. The Labute approximate surface area is 163 Å². The molecule has 2 aromatic carbocycles. The maximum Gasteiger partial charge on any atom is 0.276 e. The van der Waals surface area contributed by atoms with Gasteiger partial charge in [-0.15, -0.1) is 0 Å². The number of nitrogens with zero attached hydrogens (tertiary/aromatic N) is 1. The lowest BCUT2D eigenvalue weighted by Crippen LogP contribution is -2.23. The predicted molar refractivity (Wildman–Crippen MR) is 104 cm³/mol. The highest BCUT2D eigenvalue weighted by atomic mass is 127. The number of hydrogen-bond acceptors (Lipinski definition) is 5. The van der Waals surface area contributed by atoms with Gasteiger partial charge in [0.25, 0.3) is 11.6 Å². The second-order valence-electron chi connectivity index (χ2n) is 5.38. The molecule has 0 radical (unpaired) electrons. The van der Waals surface area contributed by atoms with Crippen molar-refractivity contribution in [3.05, 3.63) is 61.0 Å². The van der Waals surface area contributed by atoms with Crippen LogP contribution in [0.2, 0.25) is 0 Å². The van der Waals surface area contributed by atoms with Gasteiger partial charge in [0.15, 0.2) is 0 Å². The minimum Gasteiger partial charge on any atom is -0.352 e. The second-order valence-corrected chi connectivity index (χ2v) is 6.62. The molecule has 0 aliphatic carbocycles. The minimum atomic E-state index is -0.590. The normalized spacial score (nSPS) is 10.5. The molecule has 26 heavy (non-hydrogen) atoms. The third kappa shape index (κ3) is 4.47. The number of nitro groups is 1. The van der Waals surface area contributed by atoms with E-state index in [9.17, 15) is 19.3 Å². The van der Waals surface area contributed by atoms with E-state index in [0.717, 1.165) is 0 Å². The molecule has 0 unspecified atom stereocenters. The Hall–Kier alpha value is -2.27. The smallest absolute Gasteiger partial charge is 0.276 e.